The topological polar surface area (TPSA) is 106 Å². The number of esters is 1. The van der Waals surface area contributed by atoms with Crippen molar-refractivity contribution in [3.8, 4) is 0 Å². The van der Waals surface area contributed by atoms with Crippen LogP contribution in [0.1, 0.15) is 27.8 Å². The third-order valence-corrected chi connectivity index (χ3v) is 3.20. The first kappa shape index (κ1) is 17.9. The minimum absolute atomic E-state index is 0.218. The molecule has 0 saturated heterocycles. The zero-order valence-corrected chi connectivity index (χ0v) is 13.7. The number of amides is 3. The molecule has 1 heterocycles. The highest BCUT2D eigenvalue weighted by Gasteiger charge is 2.15. The molecule has 0 radical (unpaired) electrons. The van der Waals surface area contributed by atoms with Gasteiger partial charge in [0.25, 0.3) is 11.8 Å². The van der Waals surface area contributed by atoms with Crippen LogP contribution in [0.2, 0.25) is 0 Å². The second-order valence-electron chi connectivity index (χ2n) is 5.22. The number of aryl methyl sites for hydroxylation is 1. The first-order chi connectivity index (χ1) is 11.9. The van der Waals surface area contributed by atoms with E-state index in [0.717, 1.165) is 0 Å². The van der Waals surface area contributed by atoms with Crippen LogP contribution in [0.15, 0.2) is 42.6 Å². The third kappa shape index (κ3) is 5.03. The fraction of sp³-hybridized carbons (Fsp3) is 0.176. The minimum Gasteiger partial charge on any atom is -0.452 e. The van der Waals surface area contributed by atoms with Crippen molar-refractivity contribution in [2.75, 3.05) is 11.9 Å². The number of nitrogens with one attached hydrogen (secondary N) is 2. The van der Waals surface area contributed by atoms with Gasteiger partial charge in [-0.15, -0.1) is 0 Å². The van der Waals surface area contributed by atoms with Gasteiger partial charge in [0.15, 0.2) is 6.61 Å². The summed E-state index contributed by atoms with van der Waals surface area (Å²) in [6.45, 7) is 0.792. The predicted molar refractivity (Wildman–Crippen MR) is 88.9 cm³/mol. The number of hydrogen-bond donors (Lipinski definition) is 2. The summed E-state index contributed by atoms with van der Waals surface area (Å²) in [7, 11) is 1.67. The Labute approximate surface area is 143 Å². The molecule has 0 unspecified atom stereocenters. The molecule has 130 valence electrons. The maximum Gasteiger partial charge on any atom is 0.338 e. The van der Waals surface area contributed by atoms with Gasteiger partial charge in [-0.25, -0.2) is 4.79 Å². The van der Waals surface area contributed by atoms with Crippen molar-refractivity contribution in [1.82, 2.24) is 9.88 Å². The molecule has 1 aromatic heterocycles. The van der Waals surface area contributed by atoms with Gasteiger partial charge in [-0.2, -0.15) is 0 Å². The lowest BCUT2D eigenvalue weighted by molar-refractivity contribution is -0.123. The summed E-state index contributed by atoms with van der Waals surface area (Å²) in [4.78, 5) is 46.4. The normalized spacial score (nSPS) is 10.0. The largest absolute Gasteiger partial charge is 0.452 e. The van der Waals surface area contributed by atoms with Crippen LogP contribution < -0.4 is 10.6 Å². The zero-order valence-electron chi connectivity index (χ0n) is 13.7. The molecular weight excluding hydrogens is 326 g/mol. The number of ether oxygens (including phenoxy) is 1. The number of carbonyl (C=O) groups is 4. The monoisotopic (exact) mass is 343 g/mol. The van der Waals surface area contributed by atoms with Crippen molar-refractivity contribution in [3.63, 3.8) is 0 Å². The average molecular weight is 343 g/mol. The summed E-state index contributed by atoms with van der Waals surface area (Å²) in [5.74, 6) is -2.24. The molecule has 3 amide bonds. The molecule has 1 aromatic carbocycles. The summed E-state index contributed by atoms with van der Waals surface area (Å²) in [6.07, 6.45) is 1.67. The summed E-state index contributed by atoms with van der Waals surface area (Å²) in [5.41, 5.74) is 1.07. The molecule has 0 spiro atoms. The fourth-order valence-corrected chi connectivity index (χ4v) is 2.03. The number of carbonyl (C=O) groups excluding carboxylic acids is 4. The second-order valence-corrected chi connectivity index (χ2v) is 5.22. The van der Waals surface area contributed by atoms with Crippen LogP contribution >= 0.6 is 0 Å². The van der Waals surface area contributed by atoms with Crippen molar-refractivity contribution in [2.24, 2.45) is 7.05 Å². The standard InChI is InChI=1S/C17H17N3O5/c1-11(21)18-13-7-5-12(6-8-13)17(24)25-10-15(22)19-16(23)14-4-3-9-20(14)2/h3-9H,10H2,1-2H3,(H,18,21)(H,19,22,23). The molecule has 0 atom stereocenters. The van der Waals surface area contributed by atoms with Gasteiger partial charge in [-0.05, 0) is 36.4 Å². The van der Waals surface area contributed by atoms with Gasteiger partial charge in [0.1, 0.15) is 5.69 Å². The summed E-state index contributed by atoms with van der Waals surface area (Å²) in [6, 6.07) is 9.23. The van der Waals surface area contributed by atoms with Gasteiger partial charge in [0.05, 0.1) is 5.56 Å². The van der Waals surface area contributed by atoms with Crippen LogP contribution in [0.5, 0.6) is 0 Å². The van der Waals surface area contributed by atoms with E-state index in [1.165, 1.54) is 31.2 Å². The maximum atomic E-state index is 11.9. The Hall–Kier alpha value is -3.42. The van der Waals surface area contributed by atoms with Crippen LogP contribution in [0.25, 0.3) is 0 Å². The Morgan fingerprint density at radius 1 is 1.08 bits per heavy atom. The van der Waals surface area contributed by atoms with Gasteiger partial charge >= 0.3 is 5.97 Å². The van der Waals surface area contributed by atoms with E-state index in [1.807, 2.05) is 0 Å². The Bertz CT molecular complexity index is 808. The summed E-state index contributed by atoms with van der Waals surface area (Å²) < 4.78 is 6.42. The average Bonchev–Trinajstić information content (AvgIpc) is 2.99. The molecule has 2 rings (SSSR count). The lowest BCUT2D eigenvalue weighted by Gasteiger charge is -2.07. The van der Waals surface area contributed by atoms with E-state index < -0.39 is 24.4 Å². The molecule has 0 aliphatic rings. The highest BCUT2D eigenvalue weighted by Crippen LogP contribution is 2.10. The third-order valence-electron chi connectivity index (χ3n) is 3.20. The predicted octanol–water partition coefficient (Wildman–Crippen LogP) is 1.10. The van der Waals surface area contributed by atoms with Crippen molar-refractivity contribution in [1.29, 1.82) is 0 Å². The Balaban J connectivity index is 1.84. The molecule has 0 saturated carbocycles. The molecule has 25 heavy (non-hydrogen) atoms. The quantitative estimate of drug-likeness (QED) is 0.791. The van der Waals surface area contributed by atoms with Crippen molar-refractivity contribution in [2.45, 2.75) is 6.92 Å². The Kier molecular flexibility index (Phi) is 5.67. The smallest absolute Gasteiger partial charge is 0.338 e. The van der Waals surface area contributed by atoms with Crippen molar-refractivity contribution in [3.05, 3.63) is 53.9 Å². The van der Waals surface area contributed by atoms with Crippen LogP contribution in [0.4, 0.5) is 5.69 Å². The van der Waals surface area contributed by atoms with Gasteiger partial charge in [0, 0.05) is 25.9 Å². The number of rotatable bonds is 5. The van der Waals surface area contributed by atoms with E-state index in [0.29, 0.717) is 11.4 Å². The van der Waals surface area contributed by atoms with Crippen LogP contribution in [0.3, 0.4) is 0 Å². The minimum atomic E-state index is -0.727. The number of aromatic nitrogens is 1. The number of benzene rings is 1. The molecule has 8 heteroatoms. The van der Waals surface area contributed by atoms with E-state index in [4.69, 9.17) is 4.74 Å². The fourth-order valence-electron chi connectivity index (χ4n) is 2.03. The highest BCUT2D eigenvalue weighted by molar-refractivity contribution is 6.04. The van der Waals surface area contributed by atoms with E-state index in [9.17, 15) is 19.2 Å². The first-order valence-corrected chi connectivity index (χ1v) is 7.37. The van der Waals surface area contributed by atoms with Crippen LogP contribution in [-0.2, 0) is 21.4 Å². The summed E-state index contributed by atoms with van der Waals surface area (Å²) >= 11 is 0. The second kappa shape index (κ2) is 7.91. The number of imide groups is 1. The number of hydrogen-bond acceptors (Lipinski definition) is 5. The van der Waals surface area contributed by atoms with E-state index in [-0.39, 0.29) is 11.5 Å². The van der Waals surface area contributed by atoms with Gasteiger partial charge in [-0.3, -0.25) is 19.7 Å². The van der Waals surface area contributed by atoms with Crippen LogP contribution in [0, 0.1) is 0 Å². The Morgan fingerprint density at radius 3 is 2.32 bits per heavy atom. The number of anilines is 1. The maximum absolute atomic E-state index is 11.9. The highest BCUT2D eigenvalue weighted by atomic mass is 16.5. The van der Waals surface area contributed by atoms with E-state index in [2.05, 4.69) is 10.6 Å². The lowest BCUT2D eigenvalue weighted by atomic mass is 10.2. The molecule has 0 fully saturated rings. The molecule has 0 bridgehead atoms. The molecule has 0 aliphatic carbocycles. The number of nitrogens with zero attached hydrogens (tertiary/aromatic N) is 1. The van der Waals surface area contributed by atoms with E-state index >= 15 is 0 Å². The lowest BCUT2D eigenvalue weighted by Crippen LogP contribution is -2.35. The zero-order chi connectivity index (χ0) is 18.4. The SMILES string of the molecule is CC(=O)Nc1ccc(C(=O)OCC(=O)NC(=O)c2cccn2C)cc1. The van der Waals surface area contributed by atoms with Gasteiger partial charge in [0.2, 0.25) is 5.91 Å². The van der Waals surface area contributed by atoms with Gasteiger partial charge in [-0.1, -0.05) is 0 Å². The summed E-state index contributed by atoms with van der Waals surface area (Å²) in [5, 5.41) is 4.70. The van der Waals surface area contributed by atoms with E-state index in [1.54, 1.807) is 29.9 Å². The molecule has 0 aliphatic heterocycles. The van der Waals surface area contributed by atoms with Crippen molar-refractivity contribution < 1.29 is 23.9 Å². The molecule has 2 N–H and O–H groups in total. The molecule has 8 nitrogen and oxygen atoms in total. The Morgan fingerprint density at radius 2 is 1.76 bits per heavy atom. The first-order valence-electron chi connectivity index (χ1n) is 7.37. The molecular formula is C17H17N3O5. The van der Waals surface area contributed by atoms with Crippen LogP contribution in [-0.4, -0.2) is 34.9 Å². The molecule has 2 aromatic rings. The van der Waals surface area contributed by atoms with Gasteiger partial charge < -0.3 is 14.6 Å². The van der Waals surface area contributed by atoms with Crippen molar-refractivity contribution >= 4 is 29.4 Å².